The predicted octanol–water partition coefficient (Wildman–Crippen LogP) is 5.13. The molecule has 6 heteroatoms. The molecule has 1 aromatic carbocycles. The molecule has 25 heavy (non-hydrogen) atoms. The van der Waals surface area contributed by atoms with Crippen molar-refractivity contribution in [1.29, 1.82) is 0 Å². The Bertz CT molecular complexity index is 763. The van der Waals surface area contributed by atoms with Crippen molar-refractivity contribution in [2.24, 2.45) is 0 Å². The van der Waals surface area contributed by atoms with Crippen molar-refractivity contribution in [2.75, 3.05) is 7.11 Å². The molecule has 2 aromatic rings. The molecular formula is C19H19Cl2NO3. The summed E-state index contributed by atoms with van der Waals surface area (Å²) >= 11 is 12.2. The molecule has 0 amide bonds. The summed E-state index contributed by atoms with van der Waals surface area (Å²) in [7, 11) is 1.63. The van der Waals surface area contributed by atoms with Crippen molar-refractivity contribution in [1.82, 2.24) is 0 Å². The lowest BCUT2D eigenvalue weighted by atomic mass is 10.1. The summed E-state index contributed by atoms with van der Waals surface area (Å²) in [5, 5.41) is 11.9. The van der Waals surface area contributed by atoms with E-state index in [4.69, 9.17) is 32.7 Å². The highest BCUT2D eigenvalue weighted by molar-refractivity contribution is 6.36. The topological polar surface area (TPSA) is 45.4 Å². The lowest BCUT2D eigenvalue weighted by Crippen LogP contribution is -2.24. The first kappa shape index (κ1) is 17.9. The van der Waals surface area contributed by atoms with Gasteiger partial charge in [0.1, 0.15) is 10.0 Å². The molecule has 1 aliphatic carbocycles. The molecule has 132 valence electrons. The number of methoxy groups -OCH3 is 1. The van der Waals surface area contributed by atoms with Crippen LogP contribution in [0.5, 0.6) is 11.5 Å². The van der Waals surface area contributed by atoms with Crippen LogP contribution in [0.3, 0.4) is 0 Å². The Morgan fingerprint density at radius 1 is 1.08 bits per heavy atom. The summed E-state index contributed by atoms with van der Waals surface area (Å²) in [6.45, 7) is 0. The van der Waals surface area contributed by atoms with Gasteiger partial charge < -0.3 is 14.7 Å². The van der Waals surface area contributed by atoms with E-state index < -0.39 is 0 Å². The fraction of sp³-hybridized carbons (Fsp3) is 0.316. The molecule has 0 unspecified atom stereocenters. The summed E-state index contributed by atoms with van der Waals surface area (Å²) in [5.41, 5.74) is 1.53. The van der Waals surface area contributed by atoms with E-state index in [2.05, 4.69) is 0 Å². The van der Waals surface area contributed by atoms with E-state index in [0.29, 0.717) is 26.1 Å². The largest absolute Gasteiger partial charge is 0.619 e. The maximum atomic E-state index is 11.3. The van der Waals surface area contributed by atoms with Crippen LogP contribution in [0, 0.1) is 5.21 Å². The smallest absolute Gasteiger partial charge is 0.199 e. The lowest BCUT2D eigenvalue weighted by Gasteiger charge is -2.16. The Morgan fingerprint density at radius 2 is 1.76 bits per heavy atom. The van der Waals surface area contributed by atoms with Gasteiger partial charge in [-0.2, -0.15) is 4.73 Å². The van der Waals surface area contributed by atoms with Crippen molar-refractivity contribution < 1.29 is 14.2 Å². The highest BCUT2D eigenvalue weighted by atomic mass is 35.5. The van der Waals surface area contributed by atoms with Crippen LogP contribution < -0.4 is 14.2 Å². The SMILES string of the molecule is COc1ccc(C=Cc2c(Cl)c[n+]([O-])cc2Cl)cc1OC1CCCC1. The maximum absolute atomic E-state index is 11.3. The van der Waals surface area contributed by atoms with Gasteiger partial charge in [-0.3, -0.25) is 0 Å². The Hall–Kier alpha value is -1.91. The van der Waals surface area contributed by atoms with E-state index in [0.717, 1.165) is 24.2 Å². The van der Waals surface area contributed by atoms with Crippen LogP contribution >= 0.6 is 23.2 Å². The van der Waals surface area contributed by atoms with Gasteiger partial charge in [0.25, 0.3) is 0 Å². The van der Waals surface area contributed by atoms with E-state index in [1.54, 1.807) is 13.2 Å². The first-order chi connectivity index (χ1) is 12.1. The number of pyridine rings is 1. The minimum atomic E-state index is 0.249. The molecule has 0 spiro atoms. The molecule has 1 saturated carbocycles. The number of halogens is 2. The molecule has 3 rings (SSSR count). The zero-order valence-corrected chi connectivity index (χ0v) is 15.4. The molecule has 1 fully saturated rings. The zero-order chi connectivity index (χ0) is 17.8. The van der Waals surface area contributed by atoms with Crippen molar-refractivity contribution in [3.8, 4) is 11.5 Å². The molecule has 1 heterocycles. The first-order valence-electron chi connectivity index (χ1n) is 8.17. The van der Waals surface area contributed by atoms with Gasteiger partial charge in [-0.05, 0) is 43.4 Å². The molecule has 1 aromatic heterocycles. The Balaban J connectivity index is 1.85. The third kappa shape index (κ3) is 4.39. The van der Waals surface area contributed by atoms with Crippen LogP contribution in [0.4, 0.5) is 0 Å². The van der Waals surface area contributed by atoms with Crippen molar-refractivity contribution in [3.63, 3.8) is 0 Å². The zero-order valence-electron chi connectivity index (χ0n) is 13.9. The Labute approximate surface area is 157 Å². The second kappa shape index (κ2) is 7.98. The van der Waals surface area contributed by atoms with Crippen LogP contribution in [0.1, 0.15) is 36.8 Å². The van der Waals surface area contributed by atoms with Crippen LogP contribution in [0.25, 0.3) is 12.2 Å². The van der Waals surface area contributed by atoms with Crippen LogP contribution in [-0.4, -0.2) is 13.2 Å². The van der Waals surface area contributed by atoms with E-state index in [-0.39, 0.29) is 6.10 Å². The standard InChI is InChI=1S/C19H19Cl2NO3/c1-24-18-9-7-13(10-19(18)25-14-4-2-3-5-14)6-8-15-16(20)11-22(23)12-17(15)21/h6-12,14H,2-5H2,1H3. The molecule has 0 aliphatic heterocycles. The highest BCUT2D eigenvalue weighted by Gasteiger charge is 2.18. The average Bonchev–Trinajstić information content (AvgIpc) is 3.07. The molecule has 0 atom stereocenters. The predicted molar refractivity (Wildman–Crippen MR) is 100 cm³/mol. The number of rotatable bonds is 5. The van der Waals surface area contributed by atoms with Gasteiger partial charge >= 0.3 is 0 Å². The third-order valence-corrected chi connectivity index (χ3v) is 4.82. The Kier molecular flexibility index (Phi) is 5.71. The maximum Gasteiger partial charge on any atom is 0.199 e. The second-order valence-electron chi connectivity index (χ2n) is 6.00. The van der Waals surface area contributed by atoms with Gasteiger partial charge in [0.15, 0.2) is 23.9 Å². The van der Waals surface area contributed by atoms with E-state index in [1.165, 1.54) is 25.2 Å². The number of benzene rings is 1. The lowest BCUT2D eigenvalue weighted by molar-refractivity contribution is -0.605. The number of nitrogens with zero attached hydrogens (tertiary/aromatic N) is 1. The van der Waals surface area contributed by atoms with Gasteiger partial charge in [-0.25, -0.2) is 0 Å². The molecule has 0 bridgehead atoms. The first-order valence-corrected chi connectivity index (χ1v) is 8.93. The fourth-order valence-electron chi connectivity index (χ4n) is 2.93. The Morgan fingerprint density at radius 3 is 2.40 bits per heavy atom. The van der Waals surface area contributed by atoms with E-state index in [1.807, 2.05) is 24.3 Å². The number of ether oxygens (including phenoxy) is 2. The molecule has 0 N–H and O–H groups in total. The quantitative estimate of drug-likeness (QED) is 0.534. The summed E-state index contributed by atoms with van der Waals surface area (Å²) in [5.74, 6) is 1.45. The normalized spacial score (nSPS) is 15.0. The molecule has 0 saturated heterocycles. The summed E-state index contributed by atoms with van der Waals surface area (Å²) in [6.07, 6.45) is 11.0. The summed E-state index contributed by atoms with van der Waals surface area (Å²) in [4.78, 5) is 0. The number of hydrogen-bond donors (Lipinski definition) is 0. The molecule has 0 radical (unpaired) electrons. The van der Waals surface area contributed by atoms with Gasteiger partial charge in [0.2, 0.25) is 0 Å². The van der Waals surface area contributed by atoms with Gasteiger partial charge in [0, 0.05) is 5.56 Å². The van der Waals surface area contributed by atoms with Crippen molar-refractivity contribution in [3.05, 3.63) is 57.0 Å². The van der Waals surface area contributed by atoms with Crippen molar-refractivity contribution in [2.45, 2.75) is 31.8 Å². The monoisotopic (exact) mass is 379 g/mol. The van der Waals surface area contributed by atoms with Gasteiger partial charge in [-0.15, -0.1) is 0 Å². The second-order valence-corrected chi connectivity index (χ2v) is 6.81. The number of aromatic nitrogens is 1. The minimum Gasteiger partial charge on any atom is -0.619 e. The third-order valence-electron chi connectivity index (χ3n) is 4.22. The van der Waals surface area contributed by atoms with Crippen LogP contribution in [0.2, 0.25) is 10.0 Å². The van der Waals surface area contributed by atoms with Crippen LogP contribution in [-0.2, 0) is 0 Å². The van der Waals surface area contributed by atoms with Gasteiger partial charge in [-0.1, -0.05) is 41.4 Å². The highest BCUT2D eigenvalue weighted by Crippen LogP contribution is 2.33. The molecule has 4 nitrogen and oxygen atoms in total. The average molecular weight is 380 g/mol. The fourth-order valence-corrected chi connectivity index (χ4v) is 3.50. The summed E-state index contributed by atoms with van der Waals surface area (Å²) in [6, 6.07) is 5.74. The molecule has 1 aliphatic rings. The van der Waals surface area contributed by atoms with Crippen molar-refractivity contribution >= 4 is 35.4 Å². The minimum absolute atomic E-state index is 0.249. The van der Waals surface area contributed by atoms with Crippen LogP contribution in [0.15, 0.2) is 30.6 Å². The number of hydrogen-bond acceptors (Lipinski definition) is 3. The van der Waals surface area contributed by atoms with E-state index in [9.17, 15) is 5.21 Å². The molecular weight excluding hydrogens is 361 g/mol. The van der Waals surface area contributed by atoms with E-state index >= 15 is 0 Å². The van der Waals surface area contributed by atoms with Gasteiger partial charge in [0.05, 0.1) is 13.2 Å². The summed E-state index contributed by atoms with van der Waals surface area (Å²) < 4.78 is 12.1.